The van der Waals surface area contributed by atoms with Crippen molar-refractivity contribution in [3.8, 4) is 0 Å². The van der Waals surface area contributed by atoms with Gasteiger partial charge in [-0.3, -0.25) is 4.79 Å². The first-order valence-electron chi connectivity index (χ1n) is 8.13. The van der Waals surface area contributed by atoms with Gasteiger partial charge in [-0.2, -0.15) is 5.10 Å². The molecule has 2 aliphatic rings. The van der Waals surface area contributed by atoms with E-state index in [1.807, 2.05) is 17.0 Å². The average molecular weight is 288 g/mol. The minimum Gasteiger partial charge on any atom is -0.366 e. The van der Waals surface area contributed by atoms with E-state index in [9.17, 15) is 4.79 Å². The molecule has 21 heavy (non-hydrogen) atoms. The first-order chi connectivity index (χ1) is 10.3. The molecule has 0 bridgehead atoms. The predicted octanol–water partition coefficient (Wildman–Crippen LogP) is 2.46. The van der Waals surface area contributed by atoms with E-state index in [0.29, 0.717) is 17.9 Å². The molecule has 1 aliphatic carbocycles. The molecule has 0 spiro atoms. The van der Waals surface area contributed by atoms with Crippen molar-refractivity contribution in [2.24, 2.45) is 5.92 Å². The third kappa shape index (κ3) is 3.93. The lowest BCUT2D eigenvalue weighted by Gasteiger charge is -2.33. The molecular weight excluding hydrogens is 264 g/mol. The van der Waals surface area contributed by atoms with Crippen LogP contribution in [0.4, 0.5) is 5.82 Å². The van der Waals surface area contributed by atoms with Crippen molar-refractivity contribution in [3.05, 3.63) is 18.3 Å². The Morgan fingerprint density at radius 1 is 1.24 bits per heavy atom. The number of piperidine rings is 1. The summed E-state index contributed by atoms with van der Waals surface area (Å²) in [5.74, 6) is 1.83. The Kier molecular flexibility index (Phi) is 4.68. The molecule has 0 aromatic carbocycles. The minimum absolute atomic E-state index is 0.361. The van der Waals surface area contributed by atoms with Crippen LogP contribution in [-0.2, 0) is 4.79 Å². The molecule has 1 aliphatic heterocycles. The number of amides is 1. The number of nitrogens with zero attached hydrogens (tertiary/aromatic N) is 3. The number of hydrogen-bond donors (Lipinski definition) is 1. The van der Waals surface area contributed by atoms with Gasteiger partial charge >= 0.3 is 0 Å². The van der Waals surface area contributed by atoms with Gasteiger partial charge in [0.2, 0.25) is 5.91 Å². The largest absolute Gasteiger partial charge is 0.366 e. The van der Waals surface area contributed by atoms with Crippen molar-refractivity contribution in [2.45, 2.75) is 51.0 Å². The van der Waals surface area contributed by atoms with Crippen LogP contribution in [0.25, 0.3) is 0 Å². The Hall–Kier alpha value is -1.65. The highest BCUT2D eigenvalue weighted by atomic mass is 16.2. The summed E-state index contributed by atoms with van der Waals surface area (Å²) in [6.07, 6.45) is 9.54. The van der Waals surface area contributed by atoms with Gasteiger partial charge in [-0.15, -0.1) is 5.10 Å². The van der Waals surface area contributed by atoms with Gasteiger partial charge in [0.05, 0.1) is 0 Å². The third-order valence-electron chi connectivity index (χ3n) is 4.71. The molecule has 1 amide bonds. The molecule has 1 aromatic rings. The fourth-order valence-electron chi connectivity index (χ4n) is 3.45. The normalized spacial score (nSPS) is 20.7. The maximum atomic E-state index is 12.3. The average Bonchev–Trinajstić information content (AvgIpc) is 3.02. The van der Waals surface area contributed by atoms with Crippen LogP contribution >= 0.6 is 0 Å². The van der Waals surface area contributed by atoms with Gasteiger partial charge in [-0.05, 0) is 43.7 Å². The highest BCUT2D eigenvalue weighted by Crippen LogP contribution is 2.28. The zero-order valence-corrected chi connectivity index (χ0v) is 12.5. The van der Waals surface area contributed by atoms with Crippen molar-refractivity contribution in [3.63, 3.8) is 0 Å². The van der Waals surface area contributed by atoms with Crippen molar-refractivity contribution >= 4 is 11.7 Å². The topological polar surface area (TPSA) is 58.1 Å². The molecule has 1 aromatic heterocycles. The SMILES string of the molecule is O=C(CC1CCCC1)N1CCC(Nc2cccnn2)CC1. The second-order valence-corrected chi connectivity index (χ2v) is 6.26. The van der Waals surface area contributed by atoms with Gasteiger partial charge in [0.1, 0.15) is 5.82 Å². The minimum atomic E-state index is 0.361. The van der Waals surface area contributed by atoms with Crippen LogP contribution in [0.2, 0.25) is 0 Å². The molecule has 1 saturated carbocycles. The Bertz CT molecular complexity index is 451. The standard InChI is InChI=1S/C16H24N4O/c21-16(12-13-4-1-2-5-13)20-10-7-14(8-11-20)18-15-6-3-9-17-19-15/h3,6,9,13-14H,1-2,4-5,7-8,10-12H2,(H,18,19). The molecule has 0 radical (unpaired) electrons. The van der Waals surface area contributed by atoms with E-state index in [-0.39, 0.29) is 0 Å². The van der Waals surface area contributed by atoms with Crippen LogP contribution in [-0.4, -0.2) is 40.1 Å². The van der Waals surface area contributed by atoms with Gasteiger partial charge in [0.25, 0.3) is 0 Å². The van der Waals surface area contributed by atoms with Crippen LogP contribution in [0.5, 0.6) is 0 Å². The number of aromatic nitrogens is 2. The first kappa shape index (κ1) is 14.3. The molecule has 114 valence electrons. The Morgan fingerprint density at radius 2 is 2.00 bits per heavy atom. The Balaban J connectivity index is 1.43. The molecule has 1 N–H and O–H groups in total. The Morgan fingerprint density at radius 3 is 2.67 bits per heavy atom. The molecule has 1 saturated heterocycles. The van der Waals surface area contributed by atoms with E-state index >= 15 is 0 Å². The fourth-order valence-corrected chi connectivity index (χ4v) is 3.45. The van der Waals surface area contributed by atoms with E-state index < -0.39 is 0 Å². The number of anilines is 1. The van der Waals surface area contributed by atoms with Crippen molar-refractivity contribution in [1.82, 2.24) is 15.1 Å². The number of nitrogens with one attached hydrogen (secondary N) is 1. The summed E-state index contributed by atoms with van der Waals surface area (Å²) in [5.41, 5.74) is 0. The molecule has 3 rings (SSSR count). The fraction of sp³-hybridized carbons (Fsp3) is 0.688. The third-order valence-corrected chi connectivity index (χ3v) is 4.71. The van der Waals surface area contributed by atoms with Crippen molar-refractivity contribution < 1.29 is 4.79 Å². The molecular formula is C16H24N4O. The van der Waals surface area contributed by atoms with Crippen molar-refractivity contribution in [1.29, 1.82) is 0 Å². The lowest BCUT2D eigenvalue weighted by atomic mass is 10.0. The highest BCUT2D eigenvalue weighted by molar-refractivity contribution is 5.76. The quantitative estimate of drug-likeness (QED) is 0.924. The maximum Gasteiger partial charge on any atom is 0.222 e. The predicted molar refractivity (Wildman–Crippen MR) is 81.8 cm³/mol. The lowest BCUT2D eigenvalue weighted by Crippen LogP contribution is -2.42. The summed E-state index contributed by atoms with van der Waals surface area (Å²) < 4.78 is 0. The van der Waals surface area contributed by atoms with Gasteiger partial charge in [-0.1, -0.05) is 12.8 Å². The number of rotatable bonds is 4. The zero-order valence-electron chi connectivity index (χ0n) is 12.5. The second kappa shape index (κ2) is 6.87. The summed E-state index contributed by atoms with van der Waals surface area (Å²) >= 11 is 0. The second-order valence-electron chi connectivity index (χ2n) is 6.26. The van der Waals surface area contributed by atoms with Crippen LogP contribution < -0.4 is 5.32 Å². The molecule has 0 unspecified atom stereocenters. The van der Waals surface area contributed by atoms with E-state index in [0.717, 1.165) is 38.2 Å². The van der Waals surface area contributed by atoms with Crippen LogP contribution in [0.15, 0.2) is 18.3 Å². The number of hydrogen-bond acceptors (Lipinski definition) is 4. The summed E-state index contributed by atoms with van der Waals surface area (Å²) in [4.78, 5) is 14.4. The van der Waals surface area contributed by atoms with Crippen molar-refractivity contribution in [2.75, 3.05) is 18.4 Å². The van der Waals surface area contributed by atoms with E-state index in [1.54, 1.807) is 6.20 Å². The smallest absolute Gasteiger partial charge is 0.222 e. The van der Waals surface area contributed by atoms with Gasteiger partial charge in [0, 0.05) is 31.7 Å². The van der Waals surface area contributed by atoms with Gasteiger partial charge in [0.15, 0.2) is 0 Å². The van der Waals surface area contributed by atoms with Gasteiger partial charge < -0.3 is 10.2 Å². The first-order valence-corrected chi connectivity index (χ1v) is 8.13. The summed E-state index contributed by atoms with van der Waals surface area (Å²) in [6, 6.07) is 4.22. The molecule has 2 heterocycles. The van der Waals surface area contributed by atoms with Crippen LogP contribution in [0.3, 0.4) is 0 Å². The molecule has 2 fully saturated rings. The number of carbonyl (C=O) groups excluding carboxylic acids is 1. The monoisotopic (exact) mass is 288 g/mol. The Labute approximate surface area is 126 Å². The number of carbonyl (C=O) groups is 1. The zero-order chi connectivity index (χ0) is 14.5. The maximum absolute atomic E-state index is 12.3. The summed E-state index contributed by atoms with van der Waals surface area (Å²) in [7, 11) is 0. The van der Waals surface area contributed by atoms with E-state index in [1.165, 1.54) is 25.7 Å². The van der Waals surface area contributed by atoms with E-state index in [2.05, 4.69) is 15.5 Å². The number of likely N-dealkylation sites (tertiary alicyclic amines) is 1. The van der Waals surface area contributed by atoms with Crippen LogP contribution in [0.1, 0.15) is 44.9 Å². The molecule has 5 nitrogen and oxygen atoms in total. The summed E-state index contributed by atoms with van der Waals surface area (Å²) in [5, 5.41) is 11.3. The lowest BCUT2D eigenvalue weighted by molar-refractivity contribution is -0.133. The van der Waals surface area contributed by atoms with E-state index in [4.69, 9.17) is 0 Å². The summed E-state index contributed by atoms with van der Waals surface area (Å²) in [6.45, 7) is 1.73. The van der Waals surface area contributed by atoms with Crippen LogP contribution in [0, 0.1) is 5.92 Å². The van der Waals surface area contributed by atoms with Gasteiger partial charge in [-0.25, -0.2) is 0 Å². The molecule has 0 atom stereocenters. The molecule has 5 heteroatoms. The highest BCUT2D eigenvalue weighted by Gasteiger charge is 2.26.